The Labute approximate surface area is 163 Å². The third-order valence-corrected chi connectivity index (χ3v) is 6.00. The van der Waals surface area contributed by atoms with Crippen molar-refractivity contribution in [3.63, 3.8) is 0 Å². The van der Waals surface area contributed by atoms with E-state index in [1.807, 2.05) is 0 Å². The number of furan rings is 1. The highest BCUT2D eigenvalue weighted by Crippen LogP contribution is 2.21. The minimum absolute atomic E-state index is 0.0593. The van der Waals surface area contributed by atoms with Gasteiger partial charge in [-0.1, -0.05) is 0 Å². The molecule has 8 nitrogen and oxygen atoms in total. The molecule has 0 saturated carbocycles. The first kappa shape index (κ1) is 20.1. The summed E-state index contributed by atoms with van der Waals surface area (Å²) in [5, 5.41) is 8.16. The highest BCUT2D eigenvalue weighted by Gasteiger charge is 2.27. The number of hydrogen-bond donors (Lipinski definition) is 2. The van der Waals surface area contributed by atoms with Crippen molar-refractivity contribution >= 4 is 21.8 Å². The van der Waals surface area contributed by atoms with E-state index in [2.05, 4.69) is 5.32 Å². The maximum Gasteiger partial charge on any atom is 0.289 e. The molecule has 1 atom stereocenters. The van der Waals surface area contributed by atoms with Crippen LogP contribution in [0.2, 0.25) is 0 Å². The van der Waals surface area contributed by atoms with Crippen LogP contribution in [-0.2, 0) is 10.0 Å². The minimum atomic E-state index is -3.93. The summed E-state index contributed by atoms with van der Waals surface area (Å²) in [6, 6.07) is 5.95. The van der Waals surface area contributed by atoms with Crippen LogP contribution in [0.4, 0.5) is 0 Å². The van der Waals surface area contributed by atoms with Gasteiger partial charge >= 0.3 is 0 Å². The van der Waals surface area contributed by atoms with Gasteiger partial charge in [0.15, 0.2) is 5.76 Å². The van der Waals surface area contributed by atoms with Crippen molar-refractivity contribution in [2.45, 2.75) is 37.6 Å². The van der Waals surface area contributed by atoms with E-state index in [9.17, 15) is 18.0 Å². The van der Waals surface area contributed by atoms with Crippen LogP contribution in [-0.4, -0.2) is 44.3 Å². The van der Waals surface area contributed by atoms with Crippen molar-refractivity contribution < 1.29 is 22.4 Å². The monoisotopic (exact) mass is 405 g/mol. The molecule has 1 aromatic heterocycles. The van der Waals surface area contributed by atoms with Crippen molar-refractivity contribution in [1.29, 1.82) is 0 Å². The van der Waals surface area contributed by atoms with Gasteiger partial charge in [-0.3, -0.25) is 9.59 Å². The van der Waals surface area contributed by atoms with E-state index >= 15 is 0 Å². The molecule has 0 spiro atoms. The molecule has 0 aliphatic carbocycles. The number of hydrogen-bond acceptors (Lipinski definition) is 5. The van der Waals surface area contributed by atoms with Gasteiger partial charge in [-0.05, 0) is 62.1 Å². The Bertz CT molecular complexity index is 999. The van der Waals surface area contributed by atoms with Crippen molar-refractivity contribution in [1.82, 2.24) is 10.2 Å². The van der Waals surface area contributed by atoms with Gasteiger partial charge in [0.2, 0.25) is 10.0 Å². The highest BCUT2D eigenvalue weighted by atomic mass is 32.2. The molecule has 1 aromatic carbocycles. The molecule has 28 heavy (non-hydrogen) atoms. The summed E-state index contributed by atoms with van der Waals surface area (Å²) in [6.45, 7) is 4.32. The Morgan fingerprint density at radius 2 is 2.04 bits per heavy atom. The number of benzene rings is 1. The number of primary sulfonamides is 1. The van der Waals surface area contributed by atoms with Crippen LogP contribution in [0.1, 0.15) is 44.9 Å². The SMILES string of the molecule is Cc1cc(C(=O)NC2CCCN(C(=O)c3ccco3)C2)cc(S(N)(=O)=O)c1C. The number of rotatable bonds is 4. The first-order valence-electron chi connectivity index (χ1n) is 8.94. The van der Waals surface area contributed by atoms with Crippen LogP contribution in [0.15, 0.2) is 39.8 Å². The van der Waals surface area contributed by atoms with Gasteiger partial charge in [-0.2, -0.15) is 0 Å². The van der Waals surface area contributed by atoms with Crippen LogP contribution in [0.3, 0.4) is 0 Å². The molecule has 1 aliphatic rings. The minimum Gasteiger partial charge on any atom is -0.459 e. The predicted molar refractivity (Wildman–Crippen MR) is 102 cm³/mol. The normalized spacial score (nSPS) is 17.4. The molecular weight excluding hydrogens is 382 g/mol. The molecule has 2 amide bonds. The van der Waals surface area contributed by atoms with Crippen LogP contribution in [0.25, 0.3) is 0 Å². The number of piperidine rings is 1. The first-order valence-corrected chi connectivity index (χ1v) is 10.5. The molecule has 3 N–H and O–H groups in total. The van der Waals surface area contributed by atoms with E-state index in [0.717, 1.165) is 12.8 Å². The molecule has 0 radical (unpaired) electrons. The molecule has 0 bridgehead atoms. The number of sulfonamides is 1. The predicted octanol–water partition coefficient (Wildman–Crippen LogP) is 1.58. The summed E-state index contributed by atoms with van der Waals surface area (Å²) in [6.07, 6.45) is 2.91. The maximum atomic E-state index is 12.7. The summed E-state index contributed by atoms with van der Waals surface area (Å²) in [5.41, 5.74) is 1.41. The molecule has 1 fully saturated rings. The quantitative estimate of drug-likeness (QED) is 0.799. The second-order valence-corrected chi connectivity index (χ2v) is 8.53. The third kappa shape index (κ3) is 4.26. The topological polar surface area (TPSA) is 123 Å². The Morgan fingerprint density at radius 1 is 1.29 bits per heavy atom. The number of nitrogens with zero attached hydrogens (tertiary/aromatic N) is 1. The fourth-order valence-corrected chi connectivity index (χ4v) is 4.24. The molecule has 1 saturated heterocycles. The van der Waals surface area contributed by atoms with Crippen LogP contribution < -0.4 is 10.5 Å². The van der Waals surface area contributed by atoms with Crippen LogP contribution in [0.5, 0.6) is 0 Å². The molecule has 9 heteroatoms. The average molecular weight is 405 g/mol. The van der Waals surface area contributed by atoms with Gasteiger partial charge in [0.25, 0.3) is 11.8 Å². The van der Waals surface area contributed by atoms with E-state index in [1.54, 1.807) is 36.9 Å². The van der Waals surface area contributed by atoms with Gasteiger partial charge in [0, 0.05) is 24.7 Å². The van der Waals surface area contributed by atoms with E-state index in [4.69, 9.17) is 9.56 Å². The van der Waals surface area contributed by atoms with Gasteiger partial charge in [0.05, 0.1) is 11.2 Å². The second kappa shape index (κ2) is 7.76. The first-order chi connectivity index (χ1) is 13.2. The number of amides is 2. The number of nitrogens with one attached hydrogen (secondary N) is 1. The fourth-order valence-electron chi connectivity index (χ4n) is 3.36. The molecule has 2 aromatic rings. The number of nitrogens with two attached hydrogens (primary N) is 1. The average Bonchev–Trinajstić information content (AvgIpc) is 3.17. The maximum absolute atomic E-state index is 12.7. The zero-order valence-corrected chi connectivity index (χ0v) is 16.6. The molecule has 1 aliphatic heterocycles. The van der Waals surface area contributed by atoms with Gasteiger partial charge in [-0.25, -0.2) is 13.6 Å². The summed E-state index contributed by atoms with van der Waals surface area (Å²) < 4.78 is 28.7. The molecule has 150 valence electrons. The van der Waals surface area contributed by atoms with E-state index in [0.29, 0.717) is 24.2 Å². The highest BCUT2D eigenvalue weighted by molar-refractivity contribution is 7.89. The lowest BCUT2D eigenvalue weighted by molar-refractivity contribution is 0.0647. The number of carbonyl (C=O) groups is 2. The Hall–Kier alpha value is -2.65. The van der Waals surface area contributed by atoms with Crippen molar-refractivity contribution in [3.05, 3.63) is 53.0 Å². The van der Waals surface area contributed by atoms with Gasteiger partial charge in [0.1, 0.15) is 0 Å². The van der Waals surface area contributed by atoms with Crippen LogP contribution in [0, 0.1) is 13.8 Å². The summed E-state index contributed by atoms with van der Waals surface area (Å²) >= 11 is 0. The zero-order chi connectivity index (χ0) is 20.5. The number of likely N-dealkylation sites (tertiary alicyclic amines) is 1. The van der Waals surface area contributed by atoms with Crippen molar-refractivity contribution in [3.8, 4) is 0 Å². The molecule has 3 rings (SSSR count). The molecule has 1 unspecified atom stereocenters. The summed E-state index contributed by atoms with van der Waals surface area (Å²) in [4.78, 5) is 26.7. The van der Waals surface area contributed by atoms with Crippen molar-refractivity contribution in [2.75, 3.05) is 13.1 Å². The number of aryl methyl sites for hydroxylation is 1. The van der Waals surface area contributed by atoms with Gasteiger partial charge < -0.3 is 14.6 Å². The van der Waals surface area contributed by atoms with E-state index in [1.165, 1.54) is 12.3 Å². The Kier molecular flexibility index (Phi) is 5.57. The third-order valence-electron chi connectivity index (χ3n) is 4.96. The summed E-state index contributed by atoms with van der Waals surface area (Å²) in [7, 11) is -3.93. The second-order valence-electron chi connectivity index (χ2n) is 7.00. The van der Waals surface area contributed by atoms with Crippen molar-refractivity contribution in [2.24, 2.45) is 5.14 Å². The zero-order valence-electron chi connectivity index (χ0n) is 15.8. The standard InChI is InChI=1S/C19H23N3O5S/c1-12-9-14(10-17(13(12)2)28(20,25)26)18(23)21-15-5-3-7-22(11-15)19(24)16-6-4-8-27-16/h4,6,8-10,15H,3,5,7,11H2,1-2H3,(H,21,23)(H2,20,25,26). The smallest absolute Gasteiger partial charge is 0.289 e. The van der Waals surface area contributed by atoms with E-state index in [-0.39, 0.29) is 28.2 Å². The Morgan fingerprint density at radius 3 is 2.68 bits per heavy atom. The number of carbonyl (C=O) groups excluding carboxylic acids is 2. The fraction of sp³-hybridized carbons (Fsp3) is 0.368. The van der Waals surface area contributed by atoms with E-state index < -0.39 is 15.9 Å². The molecular formula is C19H23N3O5S. The lowest BCUT2D eigenvalue weighted by atomic mass is 10.0. The largest absolute Gasteiger partial charge is 0.459 e. The summed E-state index contributed by atoms with van der Waals surface area (Å²) in [5.74, 6) is -0.351. The van der Waals surface area contributed by atoms with Crippen LogP contribution >= 0.6 is 0 Å². The Balaban J connectivity index is 1.74. The molecule has 2 heterocycles. The van der Waals surface area contributed by atoms with Gasteiger partial charge in [-0.15, -0.1) is 0 Å². The lowest BCUT2D eigenvalue weighted by Gasteiger charge is -2.32. The lowest BCUT2D eigenvalue weighted by Crippen LogP contribution is -2.49.